The minimum atomic E-state index is -0.263. The number of amides is 2. The lowest BCUT2D eigenvalue weighted by molar-refractivity contribution is -0.136. The van der Waals surface area contributed by atoms with Gasteiger partial charge in [-0.15, -0.1) is 0 Å². The Labute approximate surface area is 160 Å². The zero-order valence-electron chi connectivity index (χ0n) is 16.4. The first-order valence-corrected chi connectivity index (χ1v) is 9.36. The van der Waals surface area contributed by atoms with Gasteiger partial charge >= 0.3 is 0 Å². The molecule has 0 aliphatic carbocycles. The molecule has 2 aromatic carbocycles. The molecule has 1 aliphatic heterocycles. The van der Waals surface area contributed by atoms with Crippen LogP contribution in [0.15, 0.2) is 60.3 Å². The number of benzene rings is 2. The average Bonchev–Trinajstić information content (AvgIpc) is 2.87. The van der Waals surface area contributed by atoms with Gasteiger partial charge in [0.1, 0.15) is 5.70 Å². The number of nitrogens with zero attached hydrogens (tertiary/aromatic N) is 1. The monoisotopic (exact) mass is 362 g/mol. The van der Waals surface area contributed by atoms with Crippen molar-refractivity contribution in [1.29, 1.82) is 0 Å². The van der Waals surface area contributed by atoms with Gasteiger partial charge in [-0.1, -0.05) is 70.2 Å². The molecule has 4 heteroatoms. The Kier molecular flexibility index (Phi) is 5.17. The second-order valence-electron chi connectivity index (χ2n) is 7.83. The summed E-state index contributed by atoms with van der Waals surface area (Å²) in [7, 11) is 0. The molecule has 2 amide bonds. The quantitative estimate of drug-likeness (QED) is 0.792. The van der Waals surface area contributed by atoms with Crippen molar-refractivity contribution in [3.05, 3.63) is 71.4 Å². The van der Waals surface area contributed by atoms with Crippen LogP contribution in [0.5, 0.6) is 0 Å². The van der Waals surface area contributed by atoms with Crippen LogP contribution in [0, 0.1) is 0 Å². The third-order valence-electron chi connectivity index (χ3n) is 4.70. The van der Waals surface area contributed by atoms with E-state index >= 15 is 0 Å². The largest absolute Gasteiger partial charge is 0.350 e. The highest BCUT2D eigenvalue weighted by atomic mass is 16.2. The summed E-state index contributed by atoms with van der Waals surface area (Å²) in [4.78, 5) is 27.1. The topological polar surface area (TPSA) is 49.4 Å². The van der Waals surface area contributed by atoms with Crippen molar-refractivity contribution in [3.8, 4) is 0 Å². The van der Waals surface area contributed by atoms with Crippen molar-refractivity contribution in [2.75, 3.05) is 11.9 Å². The van der Waals surface area contributed by atoms with E-state index in [0.29, 0.717) is 17.8 Å². The molecule has 140 valence electrons. The number of imide groups is 1. The van der Waals surface area contributed by atoms with Gasteiger partial charge in [-0.05, 0) is 35.1 Å². The molecule has 0 spiro atoms. The molecule has 0 fully saturated rings. The maximum absolute atomic E-state index is 12.9. The highest BCUT2D eigenvalue weighted by Gasteiger charge is 2.38. The molecule has 0 aromatic heterocycles. The van der Waals surface area contributed by atoms with Gasteiger partial charge in [-0.3, -0.25) is 14.5 Å². The molecule has 0 unspecified atom stereocenters. The average molecular weight is 362 g/mol. The predicted molar refractivity (Wildman–Crippen MR) is 109 cm³/mol. The molecule has 1 N–H and O–H groups in total. The highest BCUT2D eigenvalue weighted by Crippen LogP contribution is 2.31. The first-order chi connectivity index (χ1) is 12.8. The van der Waals surface area contributed by atoms with Crippen LogP contribution in [0.4, 0.5) is 5.69 Å². The van der Waals surface area contributed by atoms with E-state index in [9.17, 15) is 9.59 Å². The standard InChI is InChI=1S/C23H26N2O2/c1-5-15-25-21(26)19(16-9-7-6-8-10-16)20(22(25)27)24-18-13-11-17(12-14-18)23(2,3)4/h6-14,24H,5,15H2,1-4H3. The molecule has 3 rings (SSSR count). The van der Waals surface area contributed by atoms with Crippen molar-refractivity contribution >= 4 is 23.1 Å². The number of nitrogens with one attached hydrogen (secondary N) is 1. The normalized spacial score (nSPS) is 14.9. The molecule has 1 aliphatic rings. The predicted octanol–water partition coefficient (Wildman–Crippen LogP) is 4.59. The number of carbonyl (C=O) groups excluding carboxylic acids is 2. The maximum Gasteiger partial charge on any atom is 0.278 e. The van der Waals surface area contributed by atoms with Crippen LogP contribution in [0.1, 0.15) is 45.2 Å². The molecule has 0 atom stereocenters. The van der Waals surface area contributed by atoms with Gasteiger partial charge in [-0.25, -0.2) is 0 Å². The SMILES string of the molecule is CCCN1C(=O)C(Nc2ccc(C(C)(C)C)cc2)=C(c2ccccc2)C1=O. The van der Waals surface area contributed by atoms with Crippen LogP contribution in [-0.4, -0.2) is 23.3 Å². The zero-order valence-corrected chi connectivity index (χ0v) is 16.4. The second kappa shape index (κ2) is 7.39. The van der Waals surface area contributed by atoms with Crippen molar-refractivity contribution in [3.63, 3.8) is 0 Å². The Morgan fingerprint density at radius 3 is 2.07 bits per heavy atom. The van der Waals surface area contributed by atoms with Gasteiger partial charge in [0.2, 0.25) is 0 Å². The first-order valence-electron chi connectivity index (χ1n) is 9.36. The van der Waals surface area contributed by atoms with Crippen molar-refractivity contribution in [2.45, 2.75) is 39.5 Å². The minimum Gasteiger partial charge on any atom is -0.350 e. The lowest BCUT2D eigenvalue weighted by atomic mass is 9.87. The summed E-state index contributed by atoms with van der Waals surface area (Å²) in [6.45, 7) is 8.86. The maximum atomic E-state index is 12.9. The summed E-state index contributed by atoms with van der Waals surface area (Å²) in [5, 5.41) is 3.20. The van der Waals surface area contributed by atoms with Crippen LogP contribution in [0.2, 0.25) is 0 Å². The van der Waals surface area contributed by atoms with E-state index in [1.165, 1.54) is 10.5 Å². The van der Waals surface area contributed by atoms with E-state index in [1.54, 1.807) is 0 Å². The third kappa shape index (κ3) is 3.80. The van der Waals surface area contributed by atoms with Crippen LogP contribution in [0.3, 0.4) is 0 Å². The number of hydrogen-bond acceptors (Lipinski definition) is 3. The number of carbonyl (C=O) groups is 2. The van der Waals surface area contributed by atoms with E-state index in [2.05, 4.69) is 38.2 Å². The molecule has 0 bridgehead atoms. The Morgan fingerprint density at radius 1 is 0.889 bits per heavy atom. The summed E-state index contributed by atoms with van der Waals surface area (Å²) in [6, 6.07) is 17.4. The van der Waals surface area contributed by atoms with Gasteiger partial charge < -0.3 is 5.32 Å². The van der Waals surface area contributed by atoms with Gasteiger partial charge in [-0.2, -0.15) is 0 Å². The lowest BCUT2D eigenvalue weighted by Gasteiger charge is -2.19. The van der Waals surface area contributed by atoms with Gasteiger partial charge in [0.25, 0.3) is 11.8 Å². The van der Waals surface area contributed by atoms with Gasteiger partial charge in [0, 0.05) is 12.2 Å². The van der Waals surface area contributed by atoms with E-state index in [4.69, 9.17) is 0 Å². The van der Waals surface area contributed by atoms with Crippen LogP contribution in [-0.2, 0) is 15.0 Å². The molecule has 0 saturated carbocycles. The van der Waals surface area contributed by atoms with Gasteiger partial charge in [0.15, 0.2) is 0 Å². The molecule has 4 nitrogen and oxygen atoms in total. The van der Waals surface area contributed by atoms with Crippen molar-refractivity contribution in [1.82, 2.24) is 4.90 Å². The van der Waals surface area contributed by atoms with E-state index in [1.807, 2.05) is 49.4 Å². The fourth-order valence-corrected chi connectivity index (χ4v) is 3.19. The first kappa shape index (κ1) is 18.9. The summed E-state index contributed by atoms with van der Waals surface area (Å²) < 4.78 is 0. The second-order valence-corrected chi connectivity index (χ2v) is 7.83. The van der Waals surface area contributed by atoms with Gasteiger partial charge in [0.05, 0.1) is 5.57 Å². The third-order valence-corrected chi connectivity index (χ3v) is 4.70. The summed E-state index contributed by atoms with van der Waals surface area (Å²) in [5.74, 6) is -0.498. The molecule has 0 radical (unpaired) electrons. The molecule has 0 saturated heterocycles. The van der Waals surface area contributed by atoms with Crippen LogP contribution < -0.4 is 5.32 Å². The van der Waals surface area contributed by atoms with Crippen molar-refractivity contribution in [2.24, 2.45) is 0 Å². The highest BCUT2D eigenvalue weighted by molar-refractivity contribution is 6.36. The smallest absolute Gasteiger partial charge is 0.278 e. The summed E-state index contributed by atoms with van der Waals surface area (Å²) in [5.41, 5.74) is 3.61. The minimum absolute atomic E-state index is 0.0596. The Bertz CT molecular complexity index is 875. The Balaban J connectivity index is 1.99. The Hall–Kier alpha value is -2.88. The molecule has 1 heterocycles. The molecular formula is C23H26N2O2. The fourth-order valence-electron chi connectivity index (χ4n) is 3.19. The van der Waals surface area contributed by atoms with E-state index < -0.39 is 0 Å². The number of anilines is 1. The molecule has 27 heavy (non-hydrogen) atoms. The number of rotatable bonds is 5. The molecular weight excluding hydrogens is 336 g/mol. The lowest BCUT2D eigenvalue weighted by Crippen LogP contribution is -2.33. The van der Waals surface area contributed by atoms with E-state index in [-0.39, 0.29) is 17.2 Å². The summed E-state index contributed by atoms with van der Waals surface area (Å²) >= 11 is 0. The zero-order chi connectivity index (χ0) is 19.6. The fraction of sp³-hybridized carbons (Fsp3) is 0.304. The van der Waals surface area contributed by atoms with Crippen LogP contribution in [0.25, 0.3) is 5.57 Å². The van der Waals surface area contributed by atoms with E-state index in [0.717, 1.165) is 17.7 Å². The van der Waals surface area contributed by atoms with Crippen molar-refractivity contribution < 1.29 is 9.59 Å². The number of hydrogen-bond donors (Lipinski definition) is 1. The molecule has 2 aromatic rings. The summed E-state index contributed by atoms with van der Waals surface area (Å²) in [6.07, 6.45) is 0.729. The van der Waals surface area contributed by atoms with Crippen LogP contribution >= 0.6 is 0 Å². The Morgan fingerprint density at radius 2 is 1.52 bits per heavy atom.